The third-order valence-corrected chi connectivity index (χ3v) is 9.20. The number of thiophene rings is 1. The van der Waals surface area contributed by atoms with Crippen LogP contribution >= 0.6 is 11.3 Å². The Morgan fingerprint density at radius 1 is 1.06 bits per heavy atom. The van der Waals surface area contributed by atoms with Crippen LogP contribution in [0.4, 0.5) is 0 Å². The minimum Gasteiger partial charge on any atom is -0.486 e. The average Bonchev–Trinajstić information content (AvgIpc) is 3.35. The zero-order valence-electron chi connectivity index (χ0n) is 18.1. The molecule has 1 amide bonds. The maximum atomic E-state index is 13.2. The molecule has 2 aliphatic heterocycles. The van der Waals surface area contributed by atoms with Crippen molar-refractivity contribution in [3.05, 3.63) is 76.2 Å². The summed E-state index contributed by atoms with van der Waals surface area (Å²) in [6.07, 6.45) is 0.682. The van der Waals surface area contributed by atoms with Gasteiger partial charge in [0, 0.05) is 18.5 Å². The first-order valence-corrected chi connectivity index (χ1v) is 13.1. The molecule has 0 saturated heterocycles. The van der Waals surface area contributed by atoms with Crippen molar-refractivity contribution in [2.75, 3.05) is 19.8 Å². The van der Waals surface area contributed by atoms with Gasteiger partial charge in [-0.25, -0.2) is 8.42 Å². The lowest BCUT2D eigenvalue weighted by atomic mass is 10.0. The number of sulfonamides is 1. The molecule has 0 aliphatic carbocycles. The maximum absolute atomic E-state index is 13.2. The molecule has 0 saturated carbocycles. The summed E-state index contributed by atoms with van der Waals surface area (Å²) >= 11 is 1.07. The number of carbonyl (C=O) groups is 1. The molecular formula is C24H24N2O5S2. The number of ether oxygens (including phenoxy) is 2. The lowest BCUT2D eigenvalue weighted by molar-refractivity contribution is 0.0940. The van der Waals surface area contributed by atoms with Crippen LogP contribution in [0.25, 0.3) is 0 Å². The van der Waals surface area contributed by atoms with Gasteiger partial charge < -0.3 is 14.8 Å². The second kappa shape index (κ2) is 8.81. The number of carbonyl (C=O) groups excluding carboxylic acids is 1. The lowest BCUT2D eigenvalue weighted by Gasteiger charge is -2.27. The topological polar surface area (TPSA) is 84.9 Å². The third-order valence-electron chi connectivity index (χ3n) is 5.94. The van der Waals surface area contributed by atoms with Crippen molar-refractivity contribution in [1.82, 2.24) is 9.62 Å². The highest BCUT2D eigenvalue weighted by atomic mass is 32.2. The zero-order valence-corrected chi connectivity index (χ0v) is 19.7. The van der Waals surface area contributed by atoms with Crippen LogP contribution in [0, 0.1) is 0 Å². The number of nitrogens with zero attached hydrogens (tertiary/aromatic N) is 1. The van der Waals surface area contributed by atoms with E-state index in [1.54, 1.807) is 5.38 Å². The van der Waals surface area contributed by atoms with Crippen LogP contribution in [0.2, 0.25) is 0 Å². The molecule has 33 heavy (non-hydrogen) atoms. The number of nitrogens with one attached hydrogen (secondary N) is 1. The van der Waals surface area contributed by atoms with Gasteiger partial charge in [-0.2, -0.15) is 4.31 Å². The van der Waals surface area contributed by atoms with Crippen molar-refractivity contribution < 1.29 is 22.7 Å². The Morgan fingerprint density at radius 2 is 1.82 bits per heavy atom. The van der Waals surface area contributed by atoms with Gasteiger partial charge in [-0.3, -0.25) is 4.79 Å². The lowest BCUT2D eigenvalue weighted by Crippen LogP contribution is -2.35. The summed E-state index contributed by atoms with van der Waals surface area (Å²) in [5.74, 6) is 1.03. The highest BCUT2D eigenvalue weighted by Crippen LogP contribution is 2.33. The molecule has 0 spiro atoms. The Kier molecular flexibility index (Phi) is 5.86. The Morgan fingerprint density at radius 3 is 2.64 bits per heavy atom. The Hall–Kier alpha value is -2.88. The van der Waals surface area contributed by atoms with Crippen LogP contribution in [-0.4, -0.2) is 38.4 Å². The Balaban J connectivity index is 1.28. The van der Waals surface area contributed by atoms with E-state index in [2.05, 4.69) is 5.32 Å². The molecule has 3 heterocycles. The standard InChI is InChI=1S/C24H24N2O5S2/c1-16(18-6-7-21-22(12-18)31-11-10-30-21)25-24(27)20-13-23(32-15-20)33(28,29)26-9-8-17-4-2-3-5-19(17)14-26/h2-7,12-13,15-16H,8-11,14H2,1H3,(H,25,27)/t16-/m1/s1. The quantitative estimate of drug-likeness (QED) is 0.596. The third kappa shape index (κ3) is 4.36. The van der Waals surface area contributed by atoms with E-state index in [9.17, 15) is 13.2 Å². The van der Waals surface area contributed by atoms with Crippen LogP contribution in [0.5, 0.6) is 11.5 Å². The SMILES string of the molecule is C[C@@H](NC(=O)c1csc(S(=O)(=O)N2CCc3ccccc3C2)c1)c1ccc2c(c1)OCCO2. The van der Waals surface area contributed by atoms with Crippen LogP contribution in [0.15, 0.2) is 58.1 Å². The van der Waals surface area contributed by atoms with E-state index in [1.807, 2.05) is 49.4 Å². The van der Waals surface area contributed by atoms with E-state index in [0.717, 1.165) is 22.5 Å². The molecule has 0 radical (unpaired) electrons. The molecule has 1 atom stereocenters. The fourth-order valence-corrected chi connectivity index (χ4v) is 6.80. The number of hydrogen-bond acceptors (Lipinski definition) is 6. The molecule has 0 unspecified atom stereocenters. The van der Waals surface area contributed by atoms with Gasteiger partial charge in [-0.1, -0.05) is 30.3 Å². The monoisotopic (exact) mass is 484 g/mol. The van der Waals surface area contributed by atoms with E-state index in [-0.39, 0.29) is 16.2 Å². The van der Waals surface area contributed by atoms with E-state index >= 15 is 0 Å². The molecule has 9 heteroatoms. The van der Waals surface area contributed by atoms with Crippen LogP contribution < -0.4 is 14.8 Å². The summed E-state index contributed by atoms with van der Waals surface area (Å²) in [5.41, 5.74) is 3.42. The summed E-state index contributed by atoms with van der Waals surface area (Å²) in [4.78, 5) is 12.8. The molecule has 2 aliphatic rings. The number of amides is 1. The number of benzene rings is 2. The molecule has 5 rings (SSSR count). The normalized spacial score (nSPS) is 16.6. The largest absolute Gasteiger partial charge is 0.486 e. The van der Waals surface area contributed by atoms with Gasteiger partial charge in [0.2, 0.25) is 0 Å². The van der Waals surface area contributed by atoms with E-state index in [4.69, 9.17) is 9.47 Å². The predicted octanol–water partition coefficient (Wildman–Crippen LogP) is 3.76. The summed E-state index contributed by atoms with van der Waals surface area (Å²) < 4.78 is 39.2. The number of fused-ring (bicyclic) bond motifs is 2. The van der Waals surface area contributed by atoms with E-state index in [0.29, 0.717) is 49.8 Å². The molecule has 172 valence electrons. The maximum Gasteiger partial charge on any atom is 0.252 e. The smallest absolute Gasteiger partial charge is 0.252 e. The molecule has 3 aromatic rings. The summed E-state index contributed by atoms with van der Waals surface area (Å²) in [6.45, 7) is 3.66. The van der Waals surface area contributed by atoms with Gasteiger partial charge in [0.05, 0.1) is 11.6 Å². The second-order valence-electron chi connectivity index (χ2n) is 8.11. The molecule has 1 N–H and O–H groups in total. The van der Waals surface area contributed by atoms with Crippen molar-refractivity contribution in [2.45, 2.75) is 30.1 Å². The summed E-state index contributed by atoms with van der Waals surface area (Å²) in [5, 5.41) is 4.53. The predicted molar refractivity (Wildman–Crippen MR) is 125 cm³/mol. The zero-order chi connectivity index (χ0) is 23.0. The van der Waals surface area contributed by atoms with Gasteiger partial charge in [0.25, 0.3) is 15.9 Å². The fourth-order valence-electron chi connectivity index (χ4n) is 4.07. The van der Waals surface area contributed by atoms with Crippen molar-refractivity contribution in [3.63, 3.8) is 0 Å². The molecule has 7 nitrogen and oxygen atoms in total. The summed E-state index contributed by atoms with van der Waals surface area (Å²) in [6, 6.07) is 14.6. The minimum absolute atomic E-state index is 0.180. The highest BCUT2D eigenvalue weighted by molar-refractivity contribution is 7.91. The van der Waals surface area contributed by atoms with Crippen molar-refractivity contribution in [2.24, 2.45) is 0 Å². The van der Waals surface area contributed by atoms with Gasteiger partial charge in [0.1, 0.15) is 17.4 Å². The Bertz CT molecular complexity index is 1300. The number of rotatable bonds is 5. The molecule has 0 bridgehead atoms. The van der Waals surface area contributed by atoms with Gasteiger partial charge in [-0.15, -0.1) is 11.3 Å². The Labute approximate surface area is 197 Å². The van der Waals surface area contributed by atoms with Gasteiger partial charge >= 0.3 is 0 Å². The molecule has 1 aromatic heterocycles. The van der Waals surface area contributed by atoms with Crippen molar-refractivity contribution >= 4 is 27.3 Å². The van der Waals surface area contributed by atoms with Gasteiger partial charge in [0.15, 0.2) is 11.5 Å². The first-order valence-electron chi connectivity index (χ1n) is 10.8. The molecule has 0 fully saturated rings. The highest BCUT2D eigenvalue weighted by Gasteiger charge is 2.30. The van der Waals surface area contributed by atoms with Crippen molar-refractivity contribution in [1.29, 1.82) is 0 Å². The van der Waals surface area contributed by atoms with Crippen LogP contribution in [0.3, 0.4) is 0 Å². The average molecular weight is 485 g/mol. The second-order valence-corrected chi connectivity index (χ2v) is 11.2. The first-order chi connectivity index (χ1) is 15.9. The first kappa shape index (κ1) is 21.9. The summed E-state index contributed by atoms with van der Waals surface area (Å²) in [7, 11) is -3.67. The van der Waals surface area contributed by atoms with Gasteiger partial charge in [-0.05, 0) is 48.2 Å². The van der Waals surface area contributed by atoms with E-state index < -0.39 is 10.0 Å². The fraction of sp³-hybridized carbons (Fsp3) is 0.292. The molecular weight excluding hydrogens is 460 g/mol. The number of hydrogen-bond donors (Lipinski definition) is 1. The molecule has 2 aromatic carbocycles. The van der Waals surface area contributed by atoms with Crippen LogP contribution in [-0.2, 0) is 23.0 Å². The van der Waals surface area contributed by atoms with Crippen molar-refractivity contribution in [3.8, 4) is 11.5 Å². The van der Waals surface area contributed by atoms with Crippen LogP contribution in [0.1, 0.15) is 40.0 Å². The van der Waals surface area contributed by atoms with E-state index in [1.165, 1.54) is 15.9 Å². The minimum atomic E-state index is -3.67.